The number of H-pyrrole nitrogens is 1. The molecule has 0 bridgehead atoms. The van der Waals surface area contributed by atoms with Gasteiger partial charge in [0.15, 0.2) is 11.0 Å². The van der Waals surface area contributed by atoms with Crippen LogP contribution in [0.5, 0.6) is 5.75 Å². The molecule has 1 aromatic heterocycles. The number of nitrogens with one attached hydrogen (secondary N) is 2. The third kappa shape index (κ3) is 5.86. The Balaban J connectivity index is 1.73. The maximum absolute atomic E-state index is 11.5. The first-order valence-electron chi connectivity index (χ1n) is 10.4. The number of piperidine rings is 1. The van der Waals surface area contributed by atoms with Gasteiger partial charge in [0.2, 0.25) is 5.91 Å². The lowest BCUT2D eigenvalue weighted by atomic mass is 9.93. The zero-order valence-electron chi connectivity index (χ0n) is 18.4. The third-order valence-electron chi connectivity index (χ3n) is 5.61. The Hall–Kier alpha value is -2.46. The van der Waals surface area contributed by atoms with Crippen molar-refractivity contribution in [3.63, 3.8) is 0 Å². The maximum Gasteiger partial charge on any atom is 0.219 e. The highest BCUT2D eigenvalue weighted by molar-refractivity contribution is 9.10. The van der Waals surface area contributed by atoms with Crippen LogP contribution in [0.2, 0.25) is 0 Å². The zero-order chi connectivity index (χ0) is 23.3. The Morgan fingerprint density at radius 1 is 1.50 bits per heavy atom. The number of carbonyl (C=O) groups is 1. The van der Waals surface area contributed by atoms with Crippen LogP contribution in [0.4, 0.5) is 5.82 Å². The molecule has 1 saturated heterocycles. The molecule has 3 rings (SSSR count). The fourth-order valence-electron chi connectivity index (χ4n) is 3.72. The topological polar surface area (TPSA) is 111 Å². The Labute approximate surface area is 201 Å². The Bertz CT molecular complexity index is 987. The normalized spacial score (nSPS) is 14.3. The van der Waals surface area contributed by atoms with Gasteiger partial charge in [-0.3, -0.25) is 10.2 Å². The molecule has 2 heterocycles. The number of amides is 1. The molecule has 2 aromatic rings. The fraction of sp³-hybridized carbons (Fsp3) is 0.409. The molecule has 0 saturated carbocycles. The number of aromatic nitrogens is 2. The van der Waals surface area contributed by atoms with Crippen LogP contribution in [0.3, 0.4) is 0 Å². The van der Waals surface area contributed by atoms with Crippen LogP contribution in [0.25, 0.3) is 0 Å². The van der Waals surface area contributed by atoms with Crippen LogP contribution >= 0.6 is 27.7 Å². The van der Waals surface area contributed by atoms with E-state index in [4.69, 9.17) is 20.9 Å². The van der Waals surface area contributed by atoms with Crippen LogP contribution < -0.4 is 15.4 Å². The summed E-state index contributed by atoms with van der Waals surface area (Å²) in [5, 5.41) is 8.63. The average molecular weight is 521 g/mol. The molecule has 1 aliphatic heterocycles. The van der Waals surface area contributed by atoms with E-state index in [1.165, 1.54) is 11.8 Å². The summed E-state index contributed by atoms with van der Waals surface area (Å²) in [5.41, 5.74) is 6.32. The van der Waals surface area contributed by atoms with Crippen LogP contribution in [0, 0.1) is 11.3 Å². The second kappa shape index (κ2) is 10.9. The van der Waals surface area contributed by atoms with E-state index in [9.17, 15) is 4.79 Å². The summed E-state index contributed by atoms with van der Waals surface area (Å²) >= 11 is 4.99. The lowest BCUT2D eigenvalue weighted by Crippen LogP contribution is -2.37. The number of hydrogen-bond acceptors (Lipinski definition) is 6. The van der Waals surface area contributed by atoms with Gasteiger partial charge in [0.05, 0.1) is 7.11 Å². The summed E-state index contributed by atoms with van der Waals surface area (Å²) in [4.78, 5) is 24.2. The molecule has 0 radical (unpaired) electrons. The summed E-state index contributed by atoms with van der Waals surface area (Å²) in [6, 6.07) is 5.72. The van der Waals surface area contributed by atoms with E-state index in [0.29, 0.717) is 29.1 Å². The van der Waals surface area contributed by atoms with Gasteiger partial charge in [0.1, 0.15) is 17.3 Å². The largest absolute Gasteiger partial charge is 0.497 e. The number of amidine groups is 1. The van der Waals surface area contributed by atoms with E-state index in [2.05, 4.69) is 27.5 Å². The summed E-state index contributed by atoms with van der Waals surface area (Å²) in [6.07, 6.45) is 4.67. The van der Waals surface area contributed by atoms with Gasteiger partial charge in [0.25, 0.3) is 0 Å². The number of nitrogen functional groups attached to an aromatic ring is 1. The number of aromatic amines is 1. The molecule has 0 aliphatic carbocycles. The number of likely N-dealkylation sites (tertiary alicyclic amines) is 1. The standard InChI is InChI=1S/C22H29BrN6O2S/c1-4-28(10-7-15-8-11-29(12-9-15)14(2)30)21-19(20(24)25)26-22(27-21)32-18-13-16(31-3)5-6-17(18)23/h4-6,13,15H,1,7-12H2,2-3H3,(H3,24,25)(H,26,27). The van der Waals surface area contributed by atoms with Crippen molar-refractivity contribution in [2.24, 2.45) is 11.7 Å². The first-order valence-corrected chi connectivity index (χ1v) is 12.0. The summed E-state index contributed by atoms with van der Waals surface area (Å²) in [7, 11) is 1.63. The number of imidazole rings is 1. The van der Waals surface area contributed by atoms with E-state index in [0.717, 1.165) is 47.5 Å². The predicted octanol–water partition coefficient (Wildman–Crippen LogP) is 4.21. The van der Waals surface area contributed by atoms with Gasteiger partial charge in [-0.2, -0.15) is 0 Å². The molecule has 4 N–H and O–H groups in total. The fourth-order valence-corrected chi connectivity index (χ4v) is 5.05. The van der Waals surface area contributed by atoms with Crippen molar-refractivity contribution in [3.05, 3.63) is 41.1 Å². The van der Waals surface area contributed by atoms with Gasteiger partial charge in [-0.15, -0.1) is 0 Å². The number of benzene rings is 1. The molecule has 1 aliphatic rings. The Kier molecular flexibility index (Phi) is 8.25. The summed E-state index contributed by atoms with van der Waals surface area (Å²) < 4.78 is 6.24. The molecular weight excluding hydrogens is 492 g/mol. The van der Waals surface area contributed by atoms with E-state index in [1.54, 1.807) is 20.2 Å². The number of rotatable bonds is 9. The summed E-state index contributed by atoms with van der Waals surface area (Å²) in [5.74, 6) is 1.94. The number of nitrogens with two attached hydrogens (primary N) is 1. The van der Waals surface area contributed by atoms with Gasteiger partial charge in [0, 0.05) is 35.9 Å². The van der Waals surface area contributed by atoms with Crippen molar-refractivity contribution in [1.82, 2.24) is 14.9 Å². The Morgan fingerprint density at radius 2 is 2.22 bits per heavy atom. The van der Waals surface area contributed by atoms with Crippen LogP contribution in [-0.4, -0.2) is 53.4 Å². The molecule has 0 spiro atoms. The molecular formula is C22H29BrN6O2S. The number of anilines is 1. The smallest absolute Gasteiger partial charge is 0.219 e. The minimum atomic E-state index is -0.0781. The van der Waals surface area contributed by atoms with Crippen molar-refractivity contribution < 1.29 is 9.53 Å². The number of hydrogen-bond donors (Lipinski definition) is 3. The molecule has 172 valence electrons. The Morgan fingerprint density at radius 3 is 2.81 bits per heavy atom. The van der Waals surface area contributed by atoms with Gasteiger partial charge in [-0.25, -0.2) is 4.98 Å². The SMILES string of the molecule is C=CN(CCC1CCN(C(C)=O)CC1)c1nc(Sc2cc(OC)ccc2Br)[nH]c1C(=N)N. The lowest BCUT2D eigenvalue weighted by Gasteiger charge is -2.32. The van der Waals surface area contributed by atoms with Crippen molar-refractivity contribution in [3.8, 4) is 5.75 Å². The third-order valence-corrected chi connectivity index (χ3v) is 7.51. The zero-order valence-corrected chi connectivity index (χ0v) is 20.8. The predicted molar refractivity (Wildman–Crippen MR) is 132 cm³/mol. The van der Waals surface area contributed by atoms with Crippen molar-refractivity contribution in [1.29, 1.82) is 5.41 Å². The highest BCUT2D eigenvalue weighted by Crippen LogP contribution is 2.36. The monoisotopic (exact) mass is 520 g/mol. The van der Waals surface area contributed by atoms with Crippen molar-refractivity contribution in [2.75, 3.05) is 31.6 Å². The van der Waals surface area contributed by atoms with Crippen molar-refractivity contribution in [2.45, 2.75) is 36.2 Å². The number of nitrogens with zero attached hydrogens (tertiary/aromatic N) is 3. The molecule has 32 heavy (non-hydrogen) atoms. The number of carbonyl (C=O) groups excluding carboxylic acids is 1. The average Bonchev–Trinajstić information content (AvgIpc) is 3.20. The van der Waals surface area contributed by atoms with Crippen LogP contribution in [0.1, 0.15) is 31.9 Å². The van der Waals surface area contributed by atoms with Gasteiger partial charge in [-0.05, 0) is 65.5 Å². The molecule has 1 aromatic carbocycles. The first kappa shape index (κ1) is 24.2. The molecule has 8 nitrogen and oxygen atoms in total. The van der Waals surface area contributed by atoms with E-state index in [-0.39, 0.29) is 11.7 Å². The van der Waals surface area contributed by atoms with E-state index >= 15 is 0 Å². The molecule has 10 heteroatoms. The number of halogens is 1. The highest BCUT2D eigenvalue weighted by atomic mass is 79.9. The van der Waals surface area contributed by atoms with Crippen LogP contribution in [-0.2, 0) is 4.79 Å². The van der Waals surface area contributed by atoms with Crippen LogP contribution in [0.15, 0.2) is 45.5 Å². The first-order chi connectivity index (χ1) is 15.3. The molecule has 1 amide bonds. The maximum atomic E-state index is 11.5. The van der Waals surface area contributed by atoms with Gasteiger partial charge < -0.3 is 25.3 Å². The van der Waals surface area contributed by atoms with Gasteiger partial charge >= 0.3 is 0 Å². The summed E-state index contributed by atoms with van der Waals surface area (Å²) in [6.45, 7) is 7.91. The lowest BCUT2D eigenvalue weighted by molar-refractivity contribution is -0.130. The van der Waals surface area contributed by atoms with Crippen molar-refractivity contribution >= 4 is 45.3 Å². The van der Waals surface area contributed by atoms with E-state index in [1.807, 2.05) is 28.0 Å². The molecule has 0 unspecified atom stereocenters. The second-order valence-electron chi connectivity index (χ2n) is 7.67. The van der Waals surface area contributed by atoms with E-state index < -0.39 is 0 Å². The molecule has 1 fully saturated rings. The second-order valence-corrected chi connectivity index (χ2v) is 9.55. The quantitative estimate of drug-likeness (QED) is 0.337. The number of ether oxygens (including phenoxy) is 1. The highest BCUT2D eigenvalue weighted by Gasteiger charge is 2.23. The minimum Gasteiger partial charge on any atom is -0.497 e. The molecule has 0 atom stereocenters. The van der Waals surface area contributed by atoms with Gasteiger partial charge in [-0.1, -0.05) is 18.3 Å². The minimum absolute atomic E-state index is 0.0781. The number of methoxy groups -OCH3 is 1.